The van der Waals surface area contributed by atoms with Gasteiger partial charge in [0.2, 0.25) is 15.9 Å². The van der Waals surface area contributed by atoms with Gasteiger partial charge in [0.15, 0.2) is 0 Å². The Kier molecular flexibility index (Phi) is 6.57. The fourth-order valence-corrected chi connectivity index (χ4v) is 2.44. The summed E-state index contributed by atoms with van der Waals surface area (Å²) in [5, 5.41) is 5.66. The van der Waals surface area contributed by atoms with Gasteiger partial charge >= 0.3 is 0 Å². The van der Waals surface area contributed by atoms with Crippen LogP contribution in [-0.2, 0) is 14.8 Å². The molecule has 1 rings (SSSR count). The summed E-state index contributed by atoms with van der Waals surface area (Å²) in [7, 11) is -3.73. The van der Waals surface area contributed by atoms with E-state index >= 15 is 0 Å². The third-order valence-corrected chi connectivity index (χ3v) is 3.86. The predicted molar refractivity (Wildman–Crippen MR) is 81.5 cm³/mol. The average molecular weight is 314 g/mol. The van der Waals surface area contributed by atoms with Crippen LogP contribution >= 0.6 is 0 Å². The van der Waals surface area contributed by atoms with E-state index in [1.54, 1.807) is 19.9 Å². The van der Waals surface area contributed by atoms with Crippen LogP contribution < -0.4 is 15.4 Å². The number of sulfonamides is 1. The number of anilines is 1. The molecule has 0 saturated carbocycles. The van der Waals surface area contributed by atoms with Gasteiger partial charge in [0, 0.05) is 18.8 Å². The van der Waals surface area contributed by atoms with E-state index in [0.29, 0.717) is 5.82 Å². The number of carbonyl (C=O) groups is 1. The quantitative estimate of drug-likeness (QED) is 0.656. The van der Waals surface area contributed by atoms with Gasteiger partial charge in [-0.2, -0.15) is 0 Å². The summed E-state index contributed by atoms with van der Waals surface area (Å²) in [6.45, 7) is 6.11. The highest BCUT2D eigenvalue weighted by Gasteiger charge is 2.16. The molecule has 1 amide bonds. The van der Waals surface area contributed by atoms with Crippen LogP contribution in [0.1, 0.15) is 27.2 Å². The van der Waals surface area contributed by atoms with Crippen molar-refractivity contribution in [2.75, 3.05) is 18.4 Å². The first kappa shape index (κ1) is 17.4. The maximum absolute atomic E-state index is 12.0. The van der Waals surface area contributed by atoms with Crippen LogP contribution in [0.4, 0.5) is 5.82 Å². The molecule has 0 fully saturated rings. The maximum Gasteiger partial charge on any atom is 0.242 e. The van der Waals surface area contributed by atoms with E-state index in [2.05, 4.69) is 20.3 Å². The zero-order chi connectivity index (χ0) is 15.9. The molecule has 0 radical (unpaired) electrons. The molecule has 0 aliphatic heterocycles. The van der Waals surface area contributed by atoms with Gasteiger partial charge in [0.25, 0.3) is 0 Å². The number of aromatic nitrogens is 1. The lowest BCUT2D eigenvalue weighted by atomic mass is 10.4. The van der Waals surface area contributed by atoms with Crippen molar-refractivity contribution in [1.82, 2.24) is 15.0 Å². The fourth-order valence-electron chi connectivity index (χ4n) is 1.51. The zero-order valence-corrected chi connectivity index (χ0v) is 13.3. The molecule has 21 heavy (non-hydrogen) atoms. The Balaban J connectivity index is 2.63. The van der Waals surface area contributed by atoms with Gasteiger partial charge in [-0.25, -0.2) is 18.1 Å². The molecule has 0 saturated heterocycles. The number of pyridine rings is 1. The average Bonchev–Trinajstić information content (AvgIpc) is 2.43. The van der Waals surface area contributed by atoms with Crippen LogP contribution in [0.3, 0.4) is 0 Å². The van der Waals surface area contributed by atoms with Crippen molar-refractivity contribution in [3.05, 3.63) is 18.3 Å². The Morgan fingerprint density at radius 3 is 2.57 bits per heavy atom. The smallest absolute Gasteiger partial charge is 0.242 e. The summed E-state index contributed by atoms with van der Waals surface area (Å²) in [4.78, 5) is 15.5. The van der Waals surface area contributed by atoms with Crippen molar-refractivity contribution in [3.8, 4) is 0 Å². The summed E-state index contributed by atoms with van der Waals surface area (Å²) in [5.74, 6) is 0.246. The molecule has 0 atom stereocenters. The van der Waals surface area contributed by atoms with Gasteiger partial charge in [-0.15, -0.1) is 0 Å². The maximum atomic E-state index is 12.0. The molecule has 0 unspecified atom stereocenters. The molecule has 0 aromatic carbocycles. The second-order valence-corrected chi connectivity index (χ2v) is 6.62. The van der Waals surface area contributed by atoms with Crippen LogP contribution in [0, 0.1) is 0 Å². The molecule has 0 bridgehead atoms. The molecule has 1 aromatic heterocycles. The van der Waals surface area contributed by atoms with Crippen molar-refractivity contribution in [2.45, 2.75) is 38.1 Å². The van der Waals surface area contributed by atoms with Crippen LogP contribution in [0.25, 0.3) is 0 Å². The van der Waals surface area contributed by atoms with E-state index in [0.717, 1.165) is 13.0 Å². The molecule has 118 valence electrons. The number of hydrogen-bond acceptors (Lipinski definition) is 5. The van der Waals surface area contributed by atoms with E-state index in [-0.39, 0.29) is 23.4 Å². The highest BCUT2D eigenvalue weighted by molar-refractivity contribution is 7.89. The monoisotopic (exact) mass is 314 g/mol. The highest BCUT2D eigenvalue weighted by Crippen LogP contribution is 2.10. The lowest BCUT2D eigenvalue weighted by Gasteiger charge is -2.10. The molecular formula is C13H22N4O3S. The number of nitrogens with zero attached hydrogens (tertiary/aromatic N) is 1. The first-order valence-electron chi connectivity index (χ1n) is 6.84. The van der Waals surface area contributed by atoms with E-state index in [1.165, 1.54) is 12.3 Å². The third kappa shape index (κ3) is 6.09. The van der Waals surface area contributed by atoms with Gasteiger partial charge in [0.05, 0.1) is 6.54 Å². The lowest BCUT2D eigenvalue weighted by Crippen LogP contribution is -2.39. The van der Waals surface area contributed by atoms with E-state index in [9.17, 15) is 13.2 Å². The minimum Gasteiger partial charge on any atom is -0.370 e. The van der Waals surface area contributed by atoms with Crippen molar-refractivity contribution in [1.29, 1.82) is 0 Å². The first-order chi connectivity index (χ1) is 9.85. The topological polar surface area (TPSA) is 100 Å². The third-order valence-electron chi connectivity index (χ3n) is 2.48. The Morgan fingerprint density at radius 1 is 1.33 bits per heavy atom. The fraction of sp³-hybridized carbons (Fsp3) is 0.538. The molecule has 8 heteroatoms. The summed E-state index contributed by atoms with van der Waals surface area (Å²) >= 11 is 0. The Labute approximate surface area is 125 Å². The summed E-state index contributed by atoms with van der Waals surface area (Å²) < 4.78 is 26.2. The second-order valence-electron chi connectivity index (χ2n) is 4.85. The largest absolute Gasteiger partial charge is 0.370 e. The van der Waals surface area contributed by atoms with Crippen LogP contribution in [0.15, 0.2) is 23.2 Å². The Hall–Kier alpha value is -1.67. The number of carbonyl (C=O) groups excluding carboxylic acids is 1. The van der Waals surface area contributed by atoms with E-state index < -0.39 is 10.0 Å². The van der Waals surface area contributed by atoms with Gasteiger partial charge in [-0.3, -0.25) is 4.79 Å². The standard InChI is InChI=1S/C13H22N4O3S/c1-4-7-14-12-6-5-11(8-15-12)21(19,20)16-9-13(18)17-10(2)3/h5-6,8,10,16H,4,7,9H2,1-3H3,(H,14,15)(H,17,18). The molecule has 3 N–H and O–H groups in total. The minimum atomic E-state index is -3.73. The highest BCUT2D eigenvalue weighted by atomic mass is 32.2. The van der Waals surface area contributed by atoms with Gasteiger partial charge < -0.3 is 10.6 Å². The number of amides is 1. The minimum absolute atomic E-state index is 0.0295. The SMILES string of the molecule is CCCNc1ccc(S(=O)(=O)NCC(=O)NC(C)C)cn1. The Morgan fingerprint density at radius 2 is 2.05 bits per heavy atom. The van der Waals surface area contributed by atoms with Crippen molar-refractivity contribution >= 4 is 21.7 Å². The number of nitrogens with one attached hydrogen (secondary N) is 3. The van der Waals surface area contributed by atoms with Crippen molar-refractivity contribution in [2.24, 2.45) is 0 Å². The van der Waals surface area contributed by atoms with Gasteiger partial charge in [-0.1, -0.05) is 6.92 Å². The molecule has 0 aliphatic rings. The normalized spacial score (nSPS) is 11.4. The van der Waals surface area contributed by atoms with Crippen molar-refractivity contribution in [3.63, 3.8) is 0 Å². The second kappa shape index (κ2) is 7.94. The number of rotatable bonds is 8. The lowest BCUT2D eigenvalue weighted by molar-refractivity contribution is -0.120. The number of hydrogen-bond donors (Lipinski definition) is 3. The summed E-state index contributed by atoms with van der Waals surface area (Å²) in [6, 6.07) is 3.01. The van der Waals surface area contributed by atoms with Crippen LogP contribution in [0.5, 0.6) is 0 Å². The zero-order valence-electron chi connectivity index (χ0n) is 12.5. The molecule has 1 aromatic rings. The predicted octanol–water partition coefficient (Wildman–Crippen LogP) is 0.706. The summed E-state index contributed by atoms with van der Waals surface area (Å²) in [5.41, 5.74) is 0. The molecular weight excluding hydrogens is 292 g/mol. The van der Waals surface area contributed by atoms with Crippen molar-refractivity contribution < 1.29 is 13.2 Å². The molecule has 0 aliphatic carbocycles. The van der Waals surface area contributed by atoms with Crippen LogP contribution in [0.2, 0.25) is 0 Å². The molecule has 7 nitrogen and oxygen atoms in total. The molecule has 1 heterocycles. The Bertz CT molecular complexity index is 555. The van der Waals surface area contributed by atoms with E-state index in [4.69, 9.17) is 0 Å². The van der Waals surface area contributed by atoms with E-state index in [1.807, 2.05) is 6.92 Å². The van der Waals surface area contributed by atoms with Gasteiger partial charge in [0.1, 0.15) is 10.7 Å². The van der Waals surface area contributed by atoms with Crippen LogP contribution in [-0.4, -0.2) is 38.4 Å². The first-order valence-corrected chi connectivity index (χ1v) is 8.32. The summed E-state index contributed by atoms with van der Waals surface area (Å²) in [6.07, 6.45) is 2.22. The molecule has 0 spiro atoms. The van der Waals surface area contributed by atoms with Gasteiger partial charge in [-0.05, 0) is 32.4 Å².